The maximum absolute atomic E-state index is 5.35. The first-order valence-electron chi connectivity index (χ1n) is 5.58. The van der Waals surface area contributed by atoms with Gasteiger partial charge in [0, 0.05) is 12.8 Å². The number of hydrogen-bond acceptors (Lipinski definition) is 5. The van der Waals surface area contributed by atoms with Crippen LogP contribution < -0.4 is 10.1 Å². The summed E-state index contributed by atoms with van der Waals surface area (Å²) in [6, 6.07) is 10.3. The Bertz CT molecular complexity index is 505. The minimum absolute atomic E-state index is 0.695. The molecule has 2 aromatic rings. The van der Waals surface area contributed by atoms with Crippen LogP contribution in [0.3, 0.4) is 0 Å². The van der Waals surface area contributed by atoms with Crippen molar-refractivity contribution >= 4 is 17.6 Å². The van der Waals surface area contributed by atoms with Crippen molar-refractivity contribution in [3.63, 3.8) is 0 Å². The van der Waals surface area contributed by atoms with Crippen LogP contribution in [0.15, 0.2) is 41.7 Å². The minimum Gasteiger partial charge on any atom is -0.490 e. The molecule has 0 bridgehead atoms. The lowest BCUT2D eigenvalue weighted by Crippen LogP contribution is -2.00. The second-order valence-electron chi connectivity index (χ2n) is 3.58. The molecule has 0 unspecified atom stereocenters. The molecule has 5 heteroatoms. The van der Waals surface area contributed by atoms with Crippen molar-refractivity contribution < 1.29 is 4.74 Å². The highest BCUT2D eigenvalue weighted by Crippen LogP contribution is 2.33. The van der Waals surface area contributed by atoms with E-state index in [1.807, 2.05) is 25.2 Å². The number of ether oxygens (including phenoxy) is 1. The molecule has 0 fully saturated rings. The third kappa shape index (κ3) is 2.92. The molecule has 0 atom stereocenters. The third-order valence-electron chi connectivity index (χ3n) is 2.43. The summed E-state index contributed by atoms with van der Waals surface area (Å²) in [6.45, 7) is 0. The zero-order chi connectivity index (χ0) is 12.8. The van der Waals surface area contributed by atoms with Crippen molar-refractivity contribution in [1.82, 2.24) is 9.97 Å². The van der Waals surface area contributed by atoms with Crippen LogP contribution >= 0.6 is 11.8 Å². The summed E-state index contributed by atoms with van der Waals surface area (Å²) in [6.07, 6.45) is 1.54. The first-order chi connectivity index (χ1) is 8.85. The predicted molar refractivity (Wildman–Crippen MR) is 74.1 cm³/mol. The van der Waals surface area contributed by atoms with Gasteiger partial charge in [0.2, 0.25) is 0 Å². The van der Waals surface area contributed by atoms with Gasteiger partial charge in [-0.3, -0.25) is 0 Å². The van der Waals surface area contributed by atoms with E-state index in [-0.39, 0.29) is 0 Å². The topological polar surface area (TPSA) is 47.0 Å². The normalized spacial score (nSPS) is 10.1. The molecule has 18 heavy (non-hydrogen) atoms. The summed E-state index contributed by atoms with van der Waals surface area (Å²) < 4.78 is 5.35. The van der Waals surface area contributed by atoms with E-state index >= 15 is 0 Å². The number of rotatable bonds is 5. The molecule has 0 aliphatic carbocycles. The summed E-state index contributed by atoms with van der Waals surface area (Å²) in [4.78, 5) is 8.38. The highest BCUT2D eigenvalue weighted by molar-refractivity contribution is 7.98. The Balaban J connectivity index is 2.14. The molecule has 1 aromatic heterocycles. The maximum atomic E-state index is 5.35. The van der Waals surface area contributed by atoms with Crippen molar-refractivity contribution in [2.45, 2.75) is 10.8 Å². The molecule has 0 radical (unpaired) electrons. The Morgan fingerprint density at radius 2 is 2.00 bits per heavy atom. The summed E-state index contributed by atoms with van der Waals surface area (Å²) in [5.74, 6) is 2.26. The highest BCUT2D eigenvalue weighted by Gasteiger charge is 2.11. The molecule has 0 aliphatic rings. The van der Waals surface area contributed by atoms with E-state index in [1.54, 1.807) is 25.2 Å². The summed E-state index contributed by atoms with van der Waals surface area (Å²) in [7, 11) is 3.45. The van der Waals surface area contributed by atoms with Crippen LogP contribution in [-0.4, -0.2) is 24.1 Å². The number of aromatic nitrogens is 2. The molecule has 1 aromatic carbocycles. The van der Waals surface area contributed by atoms with E-state index in [2.05, 4.69) is 27.4 Å². The molecule has 0 saturated carbocycles. The van der Waals surface area contributed by atoms with Gasteiger partial charge in [-0.15, -0.1) is 0 Å². The van der Waals surface area contributed by atoms with Gasteiger partial charge >= 0.3 is 0 Å². The van der Waals surface area contributed by atoms with E-state index in [0.29, 0.717) is 11.6 Å². The van der Waals surface area contributed by atoms with Crippen LogP contribution in [0.4, 0.5) is 5.82 Å². The number of thioether (sulfide) groups is 1. The first kappa shape index (κ1) is 12.7. The largest absolute Gasteiger partial charge is 0.490 e. The van der Waals surface area contributed by atoms with Crippen LogP contribution in [0.1, 0.15) is 5.56 Å². The van der Waals surface area contributed by atoms with E-state index < -0.39 is 0 Å². The Labute approximate surface area is 111 Å². The Morgan fingerprint density at radius 3 is 2.67 bits per heavy atom. The van der Waals surface area contributed by atoms with Crippen molar-refractivity contribution in [1.29, 1.82) is 0 Å². The van der Waals surface area contributed by atoms with Gasteiger partial charge in [0.25, 0.3) is 0 Å². The van der Waals surface area contributed by atoms with Gasteiger partial charge in [-0.1, -0.05) is 42.1 Å². The van der Waals surface area contributed by atoms with Gasteiger partial charge in [-0.2, -0.15) is 0 Å². The molecule has 1 heterocycles. The summed E-state index contributed by atoms with van der Waals surface area (Å²) >= 11 is 1.64. The van der Waals surface area contributed by atoms with Crippen LogP contribution in [0.25, 0.3) is 0 Å². The van der Waals surface area contributed by atoms with E-state index in [0.717, 1.165) is 10.8 Å². The average Bonchev–Trinajstić information content (AvgIpc) is 2.45. The molecular weight excluding hydrogens is 246 g/mol. The fourth-order valence-corrected chi connectivity index (χ4v) is 2.48. The SMILES string of the molecule is CNc1ncnc(SCc2ccccc2)c1OC. The third-order valence-corrected chi connectivity index (χ3v) is 3.47. The van der Waals surface area contributed by atoms with Crippen molar-refractivity contribution in [3.8, 4) is 5.75 Å². The molecule has 0 saturated heterocycles. The molecule has 94 valence electrons. The molecule has 2 rings (SSSR count). The second kappa shape index (κ2) is 6.26. The molecule has 0 amide bonds. The average molecular weight is 261 g/mol. The zero-order valence-corrected chi connectivity index (χ0v) is 11.2. The minimum atomic E-state index is 0.695. The standard InChI is InChI=1S/C13H15N3OS/c1-14-12-11(17-2)13(16-9-15-12)18-8-10-6-4-3-5-7-10/h3-7,9H,8H2,1-2H3,(H,14,15,16). The molecular formula is C13H15N3OS. The number of nitrogens with zero attached hydrogens (tertiary/aromatic N) is 2. The van der Waals surface area contributed by atoms with Gasteiger partial charge in [-0.05, 0) is 5.56 Å². The fraction of sp³-hybridized carbons (Fsp3) is 0.231. The lowest BCUT2D eigenvalue weighted by molar-refractivity contribution is 0.400. The van der Waals surface area contributed by atoms with Crippen molar-refractivity contribution in [3.05, 3.63) is 42.2 Å². The van der Waals surface area contributed by atoms with Gasteiger partial charge in [-0.25, -0.2) is 9.97 Å². The summed E-state index contributed by atoms with van der Waals surface area (Å²) in [5.41, 5.74) is 1.26. The van der Waals surface area contributed by atoms with Crippen LogP contribution in [0.5, 0.6) is 5.75 Å². The highest BCUT2D eigenvalue weighted by atomic mass is 32.2. The lowest BCUT2D eigenvalue weighted by Gasteiger charge is -2.10. The number of nitrogens with one attached hydrogen (secondary N) is 1. The monoisotopic (exact) mass is 261 g/mol. The Hall–Kier alpha value is -1.75. The summed E-state index contributed by atoms with van der Waals surface area (Å²) in [5, 5.41) is 3.84. The number of anilines is 1. The van der Waals surface area contributed by atoms with Crippen LogP contribution in [0, 0.1) is 0 Å². The van der Waals surface area contributed by atoms with E-state index in [1.165, 1.54) is 5.56 Å². The smallest absolute Gasteiger partial charge is 0.193 e. The number of benzene rings is 1. The molecule has 0 aliphatic heterocycles. The van der Waals surface area contributed by atoms with Gasteiger partial charge in [0.15, 0.2) is 11.6 Å². The fourth-order valence-electron chi connectivity index (χ4n) is 1.55. The van der Waals surface area contributed by atoms with Gasteiger partial charge in [0.05, 0.1) is 7.11 Å². The van der Waals surface area contributed by atoms with E-state index in [4.69, 9.17) is 4.74 Å². The van der Waals surface area contributed by atoms with E-state index in [9.17, 15) is 0 Å². The Morgan fingerprint density at radius 1 is 1.22 bits per heavy atom. The van der Waals surface area contributed by atoms with Crippen molar-refractivity contribution in [2.75, 3.05) is 19.5 Å². The quantitative estimate of drug-likeness (QED) is 0.662. The lowest BCUT2D eigenvalue weighted by atomic mass is 10.2. The van der Waals surface area contributed by atoms with Crippen molar-refractivity contribution in [2.24, 2.45) is 0 Å². The zero-order valence-electron chi connectivity index (χ0n) is 10.4. The molecule has 0 spiro atoms. The number of methoxy groups -OCH3 is 1. The molecule has 4 nitrogen and oxygen atoms in total. The first-order valence-corrected chi connectivity index (χ1v) is 6.57. The second-order valence-corrected chi connectivity index (χ2v) is 4.55. The molecule has 1 N–H and O–H groups in total. The van der Waals surface area contributed by atoms with Gasteiger partial charge in [0.1, 0.15) is 11.4 Å². The Kier molecular flexibility index (Phi) is 4.41. The number of hydrogen-bond donors (Lipinski definition) is 1. The maximum Gasteiger partial charge on any atom is 0.193 e. The predicted octanol–water partition coefficient (Wildman–Crippen LogP) is 2.82. The van der Waals surface area contributed by atoms with Gasteiger partial charge < -0.3 is 10.1 Å². The van der Waals surface area contributed by atoms with Crippen LogP contribution in [-0.2, 0) is 5.75 Å². The van der Waals surface area contributed by atoms with Crippen LogP contribution in [0.2, 0.25) is 0 Å².